The van der Waals surface area contributed by atoms with Gasteiger partial charge in [-0.25, -0.2) is 4.79 Å². The van der Waals surface area contributed by atoms with Crippen molar-refractivity contribution in [2.24, 2.45) is 0 Å². The summed E-state index contributed by atoms with van der Waals surface area (Å²) in [6, 6.07) is 17.4. The molecule has 0 unspecified atom stereocenters. The summed E-state index contributed by atoms with van der Waals surface area (Å²) in [7, 11) is 0. The molecule has 3 amide bonds. The molecule has 136 valence electrons. The number of hydrogen-bond donors (Lipinski definition) is 2. The van der Waals surface area contributed by atoms with Gasteiger partial charge in [-0.05, 0) is 23.3 Å². The number of nitrogens with one attached hydrogen (secondary N) is 2. The number of benzene rings is 2. The Morgan fingerprint density at radius 2 is 1.88 bits per heavy atom. The van der Waals surface area contributed by atoms with E-state index in [-0.39, 0.29) is 18.0 Å². The molecule has 3 rings (SSSR count). The first kappa shape index (κ1) is 17.9. The molecule has 1 fully saturated rings. The lowest BCUT2D eigenvalue weighted by Gasteiger charge is -2.32. The SMILES string of the molecule is CC(=O)N1CCO[C@@H](CNC(=O)Nc2cccc(-c3ccccc3)c2)C1. The first-order valence-corrected chi connectivity index (χ1v) is 8.69. The van der Waals surface area contributed by atoms with E-state index in [4.69, 9.17) is 4.74 Å². The molecule has 2 aromatic carbocycles. The van der Waals surface area contributed by atoms with Crippen LogP contribution in [0.15, 0.2) is 54.6 Å². The second-order valence-electron chi connectivity index (χ2n) is 6.24. The highest BCUT2D eigenvalue weighted by molar-refractivity contribution is 5.90. The van der Waals surface area contributed by atoms with Gasteiger partial charge in [0.2, 0.25) is 5.91 Å². The quantitative estimate of drug-likeness (QED) is 0.888. The maximum absolute atomic E-state index is 12.2. The molecule has 1 heterocycles. The second-order valence-corrected chi connectivity index (χ2v) is 6.24. The molecule has 1 aliphatic rings. The number of anilines is 1. The third kappa shape index (κ3) is 4.83. The Morgan fingerprint density at radius 1 is 1.12 bits per heavy atom. The summed E-state index contributed by atoms with van der Waals surface area (Å²) < 4.78 is 5.60. The molecule has 0 bridgehead atoms. The van der Waals surface area contributed by atoms with E-state index in [2.05, 4.69) is 10.6 Å². The van der Waals surface area contributed by atoms with Crippen molar-refractivity contribution in [2.75, 3.05) is 31.6 Å². The third-order valence-electron chi connectivity index (χ3n) is 4.30. The maximum Gasteiger partial charge on any atom is 0.319 e. The number of rotatable bonds is 4. The number of carbonyl (C=O) groups excluding carboxylic acids is 2. The van der Waals surface area contributed by atoms with Gasteiger partial charge in [0.1, 0.15) is 0 Å². The number of urea groups is 1. The summed E-state index contributed by atoms with van der Waals surface area (Å²) in [6.07, 6.45) is -0.186. The van der Waals surface area contributed by atoms with Crippen LogP contribution in [-0.4, -0.2) is 49.2 Å². The van der Waals surface area contributed by atoms with E-state index in [1.807, 2.05) is 54.6 Å². The standard InChI is InChI=1S/C20H23N3O3/c1-15(24)23-10-11-26-19(14-23)13-21-20(25)22-18-9-5-8-17(12-18)16-6-3-2-4-7-16/h2-9,12,19H,10-11,13-14H2,1H3,(H2,21,22,25)/t19-/m0/s1. The number of morpholine rings is 1. The van der Waals surface area contributed by atoms with Gasteiger partial charge < -0.3 is 20.3 Å². The molecular formula is C20H23N3O3. The van der Waals surface area contributed by atoms with Crippen LogP contribution in [0.25, 0.3) is 11.1 Å². The van der Waals surface area contributed by atoms with Gasteiger partial charge in [0, 0.05) is 32.2 Å². The van der Waals surface area contributed by atoms with Crippen LogP contribution in [0.2, 0.25) is 0 Å². The van der Waals surface area contributed by atoms with Crippen molar-refractivity contribution in [3.05, 3.63) is 54.6 Å². The smallest absolute Gasteiger partial charge is 0.319 e. The number of nitrogens with zero attached hydrogens (tertiary/aromatic N) is 1. The van der Waals surface area contributed by atoms with Gasteiger partial charge in [-0.15, -0.1) is 0 Å². The summed E-state index contributed by atoms with van der Waals surface area (Å²) in [4.78, 5) is 25.3. The lowest BCUT2D eigenvalue weighted by atomic mass is 10.1. The fraction of sp³-hybridized carbons (Fsp3) is 0.300. The molecule has 26 heavy (non-hydrogen) atoms. The molecule has 0 saturated carbocycles. The first-order chi connectivity index (χ1) is 12.6. The Morgan fingerprint density at radius 3 is 2.65 bits per heavy atom. The summed E-state index contributed by atoms with van der Waals surface area (Å²) in [5, 5.41) is 5.65. The van der Waals surface area contributed by atoms with Crippen molar-refractivity contribution in [1.82, 2.24) is 10.2 Å². The maximum atomic E-state index is 12.2. The largest absolute Gasteiger partial charge is 0.373 e. The van der Waals surface area contributed by atoms with E-state index < -0.39 is 0 Å². The molecule has 1 saturated heterocycles. The number of carbonyl (C=O) groups is 2. The van der Waals surface area contributed by atoms with Crippen molar-refractivity contribution in [3.8, 4) is 11.1 Å². The molecule has 0 radical (unpaired) electrons. The highest BCUT2D eigenvalue weighted by Crippen LogP contribution is 2.22. The summed E-state index contributed by atoms with van der Waals surface area (Å²) in [5.74, 6) is 0.0282. The van der Waals surface area contributed by atoms with Crippen LogP contribution in [0, 0.1) is 0 Å². The highest BCUT2D eigenvalue weighted by Gasteiger charge is 2.22. The van der Waals surface area contributed by atoms with E-state index in [9.17, 15) is 9.59 Å². The number of ether oxygens (including phenoxy) is 1. The molecule has 6 nitrogen and oxygen atoms in total. The molecular weight excluding hydrogens is 330 g/mol. The fourth-order valence-electron chi connectivity index (χ4n) is 2.92. The summed E-state index contributed by atoms with van der Waals surface area (Å²) in [6.45, 7) is 3.49. The van der Waals surface area contributed by atoms with Crippen LogP contribution in [0.4, 0.5) is 10.5 Å². The van der Waals surface area contributed by atoms with Gasteiger partial charge in [-0.2, -0.15) is 0 Å². The first-order valence-electron chi connectivity index (χ1n) is 8.69. The van der Waals surface area contributed by atoms with Crippen molar-refractivity contribution in [2.45, 2.75) is 13.0 Å². The number of amides is 3. The minimum atomic E-state index is -0.293. The Hall–Kier alpha value is -2.86. The Balaban J connectivity index is 1.53. The van der Waals surface area contributed by atoms with E-state index in [1.165, 1.54) is 0 Å². The van der Waals surface area contributed by atoms with Crippen molar-refractivity contribution < 1.29 is 14.3 Å². The van der Waals surface area contributed by atoms with Gasteiger partial charge in [0.05, 0.1) is 12.7 Å². The predicted molar refractivity (Wildman–Crippen MR) is 101 cm³/mol. The van der Waals surface area contributed by atoms with Gasteiger partial charge in [-0.3, -0.25) is 4.79 Å². The van der Waals surface area contributed by atoms with E-state index in [0.717, 1.165) is 16.8 Å². The second kappa shape index (κ2) is 8.49. The van der Waals surface area contributed by atoms with Crippen LogP contribution in [0.3, 0.4) is 0 Å². The van der Waals surface area contributed by atoms with Crippen LogP contribution >= 0.6 is 0 Å². The molecule has 2 aromatic rings. The average Bonchev–Trinajstić information content (AvgIpc) is 2.67. The zero-order valence-corrected chi connectivity index (χ0v) is 14.8. The zero-order valence-electron chi connectivity index (χ0n) is 14.8. The minimum Gasteiger partial charge on any atom is -0.373 e. The molecule has 1 aliphatic heterocycles. The molecule has 0 aromatic heterocycles. The molecule has 0 aliphatic carbocycles. The number of hydrogen-bond acceptors (Lipinski definition) is 3. The highest BCUT2D eigenvalue weighted by atomic mass is 16.5. The molecule has 0 spiro atoms. The third-order valence-corrected chi connectivity index (χ3v) is 4.30. The topological polar surface area (TPSA) is 70.7 Å². The summed E-state index contributed by atoms with van der Waals surface area (Å²) >= 11 is 0. The predicted octanol–water partition coefficient (Wildman–Crippen LogP) is 2.72. The Kier molecular flexibility index (Phi) is 5.86. The molecule has 6 heteroatoms. The van der Waals surface area contributed by atoms with Crippen LogP contribution in [0.1, 0.15) is 6.92 Å². The summed E-state index contributed by atoms with van der Waals surface area (Å²) in [5.41, 5.74) is 2.85. The lowest BCUT2D eigenvalue weighted by molar-refractivity contribution is -0.136. The van der Waals surface area contributed by atoms with Gasteiger partial charge >= 0.3 is 6.03 Å². The normalized spacial score (nSPS) is 16.8. The van der Waals surface area contributed by atoms with Crippen LogP contribution in [0.5, 0.6) is 0 Å². The fourth-order valence-corrected chi connectivity index (χ4v) is 2.92. The van der Waals surface area contributed by atoms with Crippen LogP contribution < -0.4 is 10.6 Å². The van der Waals surface area contributed by atoms with Gasteiger partial charge in [0.25, 0.3) is 0 Å². The van der Waals surface area contributed by atoms with Crippen LogP contribution in [-0.2, 0) is 9.53 Å². The van der Waals surface area contributed by atoms with E-state index >= 15 is 0 Å². The average molecular weight is 353 g/mol. The minimum absolute atomic E-state index is 0.0282. The van der Waals surface area contributed by atoms with E-state index in [0.29, 0.717) is 26.2 Å². The van der Waals surface area contributed by atoms with Crippen molar-refractivity contribution >= 4 is 17.6 Å². The lowest BCUT2D eigenvalue weighted by Crippen LogP contribution is -2.49. The zero-order chi connectivity index (χ0) is 18.4. The van der Waals surface area contributed by atoms with Gasteiger partial charge in [0.15, 0.2) is 0 Å². The van der Waals surface area contributed by atoms with Crippen molar-refractivity contribution in [3.63, 3.8) is 0 Å². The van der Waals surface area contributed by atoms with Crippen molar-refractivity contribution in [1.29, 1.82) is 0 Å². The Bertz CT molecular complexity index is 764. The van der Waals surface area contributed by atoms with Gasteiger partial charge in [-0.1, -0.05) is 42.5 Å². The Labute approximate surface area is 153 Å². The monoisotopic (exact) mass is 353 g/mol. The molecule has 1 atom stereocenters. The molecule has 2 N–H and O–H groups in total. The van der Waals surface area contributed by atoms with E-state index in [1.54, 1.807) is 11.8 Å².